The van der Waals surface area contributed by atoms with Gasteiger partial charge in [0.2, 0.25) is 5.95 Å². The molecule has 1 unspecified atom stereocenters. The van der Waals surface area contributed by atoms with Crippen molar-refractivity contribution in [3.05, 3.63) is 46.3 Å². The van der Waals surface area contributed by atoms with Gasteiger partial charge in [0.25, 0.3) is 0 Å². The summed E-state index contributed by atoms with van der Waals surface area (Å²) >= 11 is 1.96. The van der Waals surface area contributed by atoms with Gasteiger partial charge in [-0.05, 0) is 30.7 Å². The molecule has 0 bridgehead atoms. The highest BCUT2D eigenvalue weighted by molar-refractivity contribution is 14.1. The third kappa shape index (κ3) is 7.48. The third-order valence-corrected chi connectivity index (χ3v) is 9.86. The molecular formula is C30H39IN7O8P. The van der Waals surface area contributed by atoms with Crippen LogP contribution in [0.3, 0.4) is 0 Å². The fourth-order valence-corrected chi connectivity index (χ4v) is 7.31. The number of nitrogens with zero attached hydrogens (tertiary/aromatic N) is 4. The zero-order valence-corrected chi connectivity index (χ0v) is 29.9. The van der Waals surface area contributed by atoms with Crippen molar-refractivity contribution in [1.29, 1.82) is 0 Å². The Morgan fingerprint density at radius 2 is 1.91 bits per heavy atom. The number of rotatable bonds is 11. The van der Waals surface area contributed by atoms with Gasteiger partial charge in [-0.15, -0.1) is 0 Å². The van der Waals surface area contributed by atoms with Crippen molar-refractivity contribution in [2.45, 2.75) is 64.7 Å². The lowest BCUT2D eigenvalue weighted by molar-refractivity contribution is -0.148. The van der Waals surface area contributed by atoms with Crippen LogP contribution in [-0.4, -0.2) is 79.8 Å². The molecule has 1 fully saturated rings. The Hall–Kier alpha value is -3.12. The van der Waals surface area contributed by atoms with Gasteiger partial charge in [0.05, 0.1) is 13.2 Å². The minimum absolute atomic E-state index is 0.0368. The van der Waals surface area contributed by atoms with Gasteiger partial charge in [-0.3, -0.25) is 13.9 Å². The maximum atomic E-state index is 14.4. The van der Waals surface area contributed by atoms with E-state index in [1.165, 1.54) is 18.4 Å². The van der Waals surface area contributed by atoms with Crippen LogP contribution in [0.1, 0.15) is 40.8 Å². The molecular weight excluding hydrogens is 744 g/mol. The highest BCUT2D eigenvalue weighted by Gasteiger charge is 2.55. The Bertz CT molecular complexity index is 1830. The molecule has 4 aromatic rings. The van der Waals surface area contributed by atoms with Crippen LogP contribution in [0.4, 0.5) is 11.8 Å². The van der Waals surface area contributed by atoms with E-state index in [1.807, 2.05) is 67.6 Å². The number of hydrogen-bond acceptors (Lipinski definition) is 13. The van der Waals surface area contributed by atoms with Gasteiger partial charge in [-0.2, -0.15) is 15.1 Å². The van der Waals surface area contributed by atoms with Crippen molar-refractivity contribution >= 4 is 70.0 Å². The maximum Gasteiger partial charge on any atom is 0.459 e. The Kier molecular flexibility index (Phi) is 10.0. The van der Waals surface area contributed by atoms with Gasteiger partial charge in [0, 0.05) is 35.0 Å². The Labute approximate surface area is 285 Å². The van der Waals surface area contributed by atoms with Gasteiger partial charge in [-0.1, -0.05) is 57.2 Å². The van der Waals surface area contributed by atoms with Crippen LogP contribution in [0, 0.1) is 9.25 Å². The molecule has 0 radical (unpaired) electrons. The minimum atomic E-state index is -4.38. The van der Waals surface area contributed by atoms with E-state index in [4.69, 9.17) is 24.3 Å². The smallest absolute Gasteiger partial charge is 0.459 e. The zero-order valence-electron chi connectivity index (χ0n) is 26.8. The van der Waals surface area contributed by atoms with E-state index in [9.17, 15) is 19.6 Å². The fourth-order valence-electron chi connectivity index (χ4n) is 5.07. The average Bonchev–Trinajstić information content (AvgIpc) is 3.44. The highest BCUT2D eigenvalue weighted by Crippen LogP contribution is 2.49. The second-order valence-electron chi connectivity index (χ2n) is 12.7. The molecule has 1 aliphatic heterocycles. The number of imidazole rings is 1. The molecule has 3 heterocycles. The quantitative estimate of drug-likeness (QED) is 0.0632. The Morgan fingerprint density at radius 1 is 1.21 bits per heavy atom. The normalized spacial score (nSPS) is 23.5. The summed E-state index contributed by atoms with van der Waals surface area (Å²) in [5.41, 5.74) is 4.39. The predicted octanol–water partition coefficient (Wildman–Crippen LogP) is 3.99. The molecule has 0 amide bonds. The van der Waals surface area contributed by atoms with E-state index in [2.05, 4.69) is 25.4 Å². The lowest BCUT2D eigenvalue weighted by Gasteiger charge is -2.28. The topological polar surface area (TPSA) is 205 Å². The SMILES string of the molecule is CNc1nc(N)nc2c1nc(I)n2[C@@H]1O[C@H](COP(=O)(N[C@@H](C)C(=O)OCC(C)(C)C)Oc2cccc3ccccc23)[C@@H](O)[C@@]1(C)O. The molecule has 1 saturated heterocycles. The molecule has 5 rings (SSSR count). The summed E-state index contributed by atoms with van der Waals surface area (Å²) in [7, 11) is -2.72. The van der Waals surface area contributed by atoms with Gasteiger partial charge in [-0.25, -0.2) is 9.55 Å². The molecule has 0 spiro atoms. The van der Waals surface area contributed by atoms with Crippen molar-refractivity contribution in [3.8, 4) is 5.75 Å². The van der Waals surface area contributed by atoms with Crippen LogP contribution in [0.2, 0.25) is 0 Å². The number of ether oxygens (including phenoxy) is 2. The number of halogens is 1. The lowest BCUT2D eigenvalue weighted by atomic mass is 9.96. The number of aliphatic hydroxyl groups excluding tert-OH is 1. The molecule has 254 valence electrons. The van der Waals surface area contributed by atoms with Crippen LogP contribution in [0.25, 0.3) is 21.9 Å². The number of nitrogens with two attached hydrogens (primary N) is 1. The van der Waals surface area contributed by atoms with Gasteiger partial charge in [0.1, 0.15) is 29.6 Å². The van der Waals surface area contributed by atoms with E-state index in [-0.39, 0.29) is 29.4 Å². The number of anilines is 2. The van der Waals surface area contributed by atoms with Crippen molar-refractivity contribution in [2.75, 3.05) is 31.3 Å². The summed E-state index contributed by atoms with van der Waals surface area (Å²) in [4.78, 5) is 25.8. The van der Waals surface area contributed by atoms with Crippen LogP contribution >= 0.6 is 30.3 Å². The number of aliphatic hydroxyl groups is 2. The second-order valence-corrected chi connectivity index (χ2v) is 15.3. The standard InChI is InChI=1S/C30H39IN7O8P/c1-16(25(40)43-15-29(2,3)4)37-47(42,46-19-13-9-11-17-10-7-8-12-18(17)19)44-14-20-22(39)30(5,41)26(45-20)38-24-21(34-27(38)31)23(33-6)35-28(32)36-24/h7-13,16,20,22,26,39,41H,14-15H2,1-6H3,(H,37,42)(H3,32,33,35,36)/t16-,20+,22+,26+,30+,47?/m0/s1. The van der Waals surface area contributed by atoms with Crippen molar-refractivity contribution in [3.63, 3.8) is 0 Å². The number of esters is 1. The largest absolute Gasteiger partial charge is 0.464 e. The number of carbonyl (C=O) groups excluding carboxylic acids is 1. The van der Waals surface area contributed by atoms with Gasteiger partial charge >= 0.3 is 13.7 Å². The minimum Gasteiger partial charge on any atom is -0.464 e. The van der Waals surface area contributed by atoms with E-state index in [1.54, 1.807) is 25.2 Å². The number of aromatic nitrogens is 4. The lowest BCUT2D eigenvalue weighted by Crippen LogP contribution is -2.45. The fraction of sp³-hybridized carbons (Fsp3) is 0.467. The molecule has 6 N–H and O–H groups in total. The summed E-state index contributed by atoms with van der Waals surface area (Å²) in [5, 5.41) is 29.9. The Balaban J connectivity index is 1.42. The Morgan fingerprint density at radius 3 is 2.62 bits per heavy atom. The van der Waals surface area contributed by atoms with E-state index in [0.717, 1.165) is 5.39 Å². The van der Waals surface area contributed by atoms with Crippen LogP contribution < -0.4 is 20.7 Å². The summed E-state index contributed by atoms with van der Waals surface area (Å²) in [5.74, 6) is -0.0848. The molecule has 2 aromatic carbocycles. The number of nitrogen functional groups attached to an aromatic ring is 1. The number of benzene rings is 2. The number of hydrogen-bond donors (Lipinski definition) is 5. The predicted molar refractivity (Wildman–Crippen MR) is 184 cm³/mol. The molecule has 17 heteroatoms. The van der Waals surface area contributed by atoms with Crippen molar-refractivity contribution in [1.82, 2.24) is 24.6 Å². The summed E-state index contributed by atoms with van der Waals surface area (Å²) in [6.45, 7) is 8.26. The monoisotopic (exact) mass is 783 g/mol. The zero-order chi connectivity index (χ0) is 34.3. The summed E-state index contributed by atoms with van der Waals surface area (Å²) < 4.78 is 39.7. The van der Waals surface area contributed by atoms with Crippen LogP contribution in [0.5, 0.6) is 5.75 Å². The van der Waals surface area contributed by atoms with Gasteiger partial charge in [0.15, 0.2) is 27.0 Å². The molecule has 0 saturated carbocycles. The molecule has 1 aliphatic rings. The molecule has 15 nitrogen and oxygen atoms in total. The first kappa shape index (κ1) is 35.2. The first-order valence-corrected chi connectivity index (χ1v) is 17.5. The van der Waals surface area contributed by atoms with E-state index >= 15 is 0 Å². The average molecular weight is 784 g/mol. The first-order chi connectivity index (χ1) is 22.0. The van der Waals surface area contributed by atoms with Gasteiger partial charge < -0.3 is 35.3 Å². The summed E-state index contributed by atoms with van der Waals surface area (Å²) in [6.07, 6.45) is -3.94. The number of nitrogens with one attached hydrogen (secondary N) is 2. The highest BCUT2D eigenvalue weighted by atomic mass is 127. The number of fused-ring (bicyclic) bond motifs is 2. The van der Waals surface area contributed by atoms with Crippen LogP contribution in [-0.2, 0) is 23.4 Å². The molecule has 6 atom stereocenters. The van der Waals surface area contributed by atoms with E-state index in [0.29, 0.717) is 20.6 Å². The molecule has 2 aromatic heterocycles. The van der Waals surface area contributed by atoms with E-state index < -0.39 is 50.4 Å². The van der Waals surface area contributed by atoms with Crippen molar-refractivity contribution in [2.24, 2.45) is 5.41 Å². The van der Waals surface area contributed by atoms with Crippen molar-refractivity contribution < 1.29 is 38.1 Å². The molecule has 47 heavy (non-hydrogen) atoms. The third-order valence-electron chi connectivity index (χ3n) is 7.47. The summed E-state index contributed by atoms with van der Waals surface area (Å²) in [6, 6.07) is 11.5. The second kappa shape index (κ2) is 13.4. The maximum absolute atomic E-state index is 14.4. The van der Waals surface area contributed by atoms with Crippen LogP contribution in [0.15, 0.2) is 42.5 Å². The molecule has 0 aliphatic carbocycles. The number of carbonyl (C=O) groups is 1. The first-order valence-electron chi connectivity index (χ1n) is 14.8.